The van der Waals surface area contributed by atoms with Crippen LogP contribution in [0.15, 0.2) is 24.3 Å². The number of urea groups is 1. The molecule has 0 radical (unpaired) electrons. The van der Waals surface area contributed by atoms with E-state index in [1.54, 1.807) is 18.4 Å². The summed E-state index contributed by atoms with van der Waals surface area (Å²) in [7, 11) is 1.67. The first-order chi connectivity index (χ1) is 14.8. The maximum absolute atomic E-state index is 11.9. The van der Waals surface area contributed by atoms with Crippen molar-refractivity contribution in [1.29, 1.82) is 0 Å². The zero-order valence-corrected chi connectivity index (χ0v) is 19.7. The molecule has 3 heterocycles. The molecule has 3 aromatic rings. The number of fused-ring (bicyclic) bond motifs is 1. The van der Waals surface area contributed by atoms with Crippen LogP contribution in [0.1, 0.15) is 33.3 Å². The molecule has 0 saturated carbocycles. The van der Waals surface area contributed by atoms with Crippen molar-refractivity contribution in [1.82, 2.24) is 24.8 Å². The Balaban J connectivity index is 1.65. The largest absolute Gasteiger partial charge is 0.364 e. The van der Waals surface area contributed by atoms with E-state index in [-0.39, 0.29) is 11.6 Å². The fourth-order valence-electron chi connectivity index (χ4n) is 3.69. The minimum Gasteiger partial charge on any atom is -0.364 e. The second-order valence-corrected chi connectivity index (χ2v) is 9.78. The van der Waals surface area contributed by atoms with Gasteiger partial charge in [-0.25, -0.2) is 9.78 Å². The van der Waals surface area contributed by atoms with Crippen molar-refractivity contribution in [2.75, 3.05) is 43.4 Å². The molecule has 8 nitrogen and oxygen atoms in total. The first-order valence-electron chi connectivity index (χ1n) is 10.8. The Morgan fingerprint density at radius 1 is 1.13 bits per heavy atom. The Morgan fingerprint density at radius 2 is 1.81 bits per heavy atom. The predicted molar refractivity (Wildman–Crippen MR) is 127 cm³/mol. The van der Waals surface area contributed by atoms with Crippen LogP contribution in [0.3, 0.4) is 0 Å². The van der Waals surface area contributed by atoms with E-state index in [0.29, 0.717) is 13.1 Å². The van der Waals surface area contributed by atoms with Crippen LogP contribution in [-0.4, -0.2) is 64.3 Å². The lowest BCUT2D eigenvalue weighted by atomic mass is 10.1. The molecule has 4 rings (SSSR count). The molecule has 1 aliphatic rings. The quantitative estimate of drug-likeness (QED) is 0.646. The van der Waals surface area contributed by atoms with Crippen molar-refractivity contribution in [3.05, 3.63) is 29.8 Å². The van der Waals surface area contributed by atoms with E-state index in [4.69, 9.17) is 10.1 Å². The maximum Gasteiger partial charge on any atom is 0.317 e. The standard InChI is InChI=1S/C22H31N7OS/c1-6-15-7-9-16(10-8-15)17-18(25-22(2,3)4)29-20(24-17)31-21(26-29)28-13-11-27(12-14-28)19(30)23-5/h7-10,25H,6,11-14H2,1-5H3,(H,23,30). The van der Waals surface area contributed by atoms with Gasteiger partial charge in [0.05, 0.1) is 0 Å². The summed E-state index contributed by atoms with van der Waals surface area (Å²) >= 11 is 1.59. The van der Waals surface area contributed by atoms with Gasteiger partial charge in [-0.05, 0) is 32.8 Å². The Kier molecular flexibility index (Phi) is 5.79. The molecule has 1 saturated heterocycles. The summed E-state index contributed by atoms with van der Waals surface area (Å²) in [5.41, 5.74) is 3.19. The van der Waals surface area contributed by atoms with Crippen molar-refractivity contribution in [2.24, 2.45) is 0 Å². The van der Waals surface area contributed by atoms with Gasteiger partial charge in [-0.2, -0.15) is 4.52 Å². The third-order valence-corrected chi connectivity index (χ3v) is 6.34. The van der Waals surface area contributed by atoms with Gasteiger partial charge in [0, 0.05) is 44.3 Å². The van der Waals surface area contributed by atoms with Crippen LogP contribution in [-0.2, 0) is 6.42 Å². The number of nitrogens with one attached hydrogen (secondary N) is 2. The van der Waals surface area contributed by atoms with E-state index < -0.39 is 0 Å². The average Bonchev–Trinajstić information content (AvgIpc) is 3.32. The molecule has 2 N–H and O–H groups in total. The van der Waals surface area contributed by atoms with E-state index in [2.05, 4.69) is 67.5 Å². The number of carbonyl (C=O) groups is 1. The lowest BCUT2D eigenvalue weighted by Gasteiger charge is -2.33. The van der Waals surface area contributed by atoms with E-state index in [0.717, 1.165) is 46.7 Å². The lowest BCUT2D eigenvalue weighted by Crippen LogP contribution is -2.51. The number of piperazine rings is 1. The summed E-state index contributed by atoms with van der Waals surface area (Å²) < 4.78 is 1.93. The highest BCUT2D eigenvalue weighted by molar-refractivity contribution is 7.20. The first-order valence-corrected chi connectivity index (χ1v) is 11.6. The van der Waals surface area contributed by atoms with Crippen molar-refractivity contribution in [2.45, 2.75) is 39.7 Å². The summed E-state index contributed by atoms with van der Waals surface area (Å²) in [5.74, 6) is 0.915. The Labute approximate surface area is 187 Å². The molecule has 0 bridgehead atoms. The third kappa shape index (κ3) is 4.46. The topological polar surface area (TPSA) is 77.8 Å². The summed E-state index contributed by atoms with van der Waals surface area (Å²) in [6.07, 6.45) is 1.02. The van der Waals surface area contributed by atoms with Crippen molar-refractivity contribution in [3.8, 4) is 11.3 Å². The Bertz CT molecular complexity index is 1060. The van der Waals surface area contributed by atoms with Crippen molar-refractivity contribution < 1.29 is 4.79 Å². The molecule has 0 aliphatic carbocycles. The van der Waals surface area contributed by atoms with Gasteiger partial charge in [-0.3, -0.25) is 0 Å². The monoisotopic (exact) mass is 441 g/mol. The summed E-state index contributed by atoms with van der Waals surface area (Å²) in [4.78, 5) is 21.7. The molecule has 31 heavy (non-hydrogen) atoms. The zero-order chi connectivity index (χ0) is 22.2. The van der Waals surface area contributed by atoms with Gasteiger partial charge in [-0.1, -0.05) is 42.5 Å². The lowest BCUT2D eigenvalue weighted by molar-refractivity contribution is 0.196. The Hall–Kier alpha value is -2.81. The van der Waals surface area contributed by atoms with E-state index in [9.17, 15) is 4.79 Å². The van der Waals surface area contributed by atoms with Gasteiger partial charge < -0.3 is 20.4 Å². The van der Waals surface area contributed by atoms with Gasteiger partial charge in [0.25, 0.3) is 0 Å². The van der Waals surface area contributed by atoms with Crippen LogP contribution in [0.2, 0.25) is 0 Å². The van der Waals surface area contributed by atoms with Crippen molar-refractivity contribution >= 4 is 33.3 Å². The highest BCUT2D eigenvalue weighted by Crippen LogP contribution is 2.35. The third-order valence-electron chi connectivity index (χ3n) is 5.37. The predicted octanol–water partition coefficient (Wildman–Crippen LogP) is 3.69. The molecule has 166 valence electrons. The van der Waals surface area contributed by atoms with Gasteiger partial charge >= 0.3 is 6.03 Å². The molecule has 0 atom stereocenters. The normalized spacial score (nSPS) is 14.9. The van der Waals surface area contributed by atoms with Gasteiger partial charge in [-0.15, -0.1) is 5.10 Å². The molecule has 9 heteroatoms. The molecule has 2 amide bonds. The number of carbonyl (C=O) groups excluding carboxylic acids is 1. The summed E-state index contributed by atoms with van der Waals surface area (Å²) in [6, 6.07) is 8.57. The molecule has 0 spiro atoms. The highest BCUT2D eigenvalue weighted by atomic mass is 32.1. The van der Waals surface area contributed by atoms with Crippen molar-refractivity contribution in [3.63, 3.8) is 0 Å². The van der Waals surface area contributed by atoms with E-state index in [1.165, 1.54) is 5.56 Å². The Morgan fingerprint density at radius 3 is 2.39 bits per heavy atom. The van der Waals surface area contributed by atoms with Crippen LogP contribution in [0, 0.1) is 0 Å². The number of anilines is 2. The minimum absolute atomic E-state index is 0.0241. The smallest absolute Gasteiger partial charge is 0.317 e. The maximum atomic E-state index is 11.9. The fraction of sp³-hybridized carbons (Fsp3) is 0.500. The number of nitrogens with zero attached hydrogens (tertiary/aromatic N) is 5. The van der Waals surface area contributed by atoms with Crippen LogP contribution in [0.25, 0.3) is 16.2 Å². The van der Waals surface area contributed by atoms with Gasteiger partial charge in [0.1, 0.15) is 5.69 Å². The average molecular weight is 442 g/mol. The molecule has 2 aromatic heterocycles. The number of hydrogen-bond acceptors (Lipinski definition) is 6. The summed E-state index contributed by atoms with van der Waals surface area (Å²) in [6.45, 7) is 11.5. The zero-order valence-electron chi connectivity index (χ0n) is 18.9. The molecule has 1 aliphatic heterocycles. The second-order valence-electron chi connectivity index (χ2n) is 8.84. The SMILES string of the molecule is CCc1ccc(-c2nc3sc(N4CCN(C(=O)NC)CC4)nn3c2NC(C)(C)C)cc1. The number of aryl methyl sites for hydroxylation is 1. The number of benzene rings is 1. The van der Waals surface area contributed by atoms with E-state index in [1.807, 2.05) is 9.42 Å². The molecule has 1 aromatic carbocycles. The molecular weight excluding hydrogens is 410 g/mol. The molecular formula is C22H31N7OS. The van der Waals surface area contributed by atoms with Crippen LogP contribution < -0.4 is 15.5 Å². The second kappa shape index (κ2) is 8.37. The highest BCUT2D eigenvalue weighted by Gasteiger charge is 2.26. The number of aromatic nitrogens is 3. The van der Waals surface area contributed by atoms with Gasteiger partial charge in [0.2, 0.25) is 10.1 Å². The fourth-order valence-corrected chi connectivity index (χ4v) is 4.64. The number of imidazole rings is 1. The molecule has 0 unspecified atom stereocenters. The number of hydrogen-bond donors (Lipinski definition) is 2. The number of amides is 2. The van der Waals surface area contributed by atoms with Crippen LogP contribution >= 0.6 is 11.3 Å². The first kappa shape index (κ1) is 21.4. The van der Waals surface area contributed by atoms with Crippen LogP contribution in [0.4, 0.5) is 15.7 Å². The molecule has 1 fully saturated rings. The summed E-state index contributed by atoms with van der Waals surface area (Å²) in [5, 5.41) is 12.2. The minimum atomic E-state index is -0.128. The van der Waals surface area contributed by atoms with E-state index >= 15 is 0 Å². The van der Waals surface area contributed by atoms with Crippen LogP contribution in [0.5, 0.6) is 0 Å². The number of rotatable bonds is 4. The van der Waals surface area contributed by atoms with Gasteiger partial charge in [0.15, 0.2) is 5.82 Å².